The van der Waals surface area contributed by atoms with Crippen LogP contribution in [0, 0.1) is 0 Å². The molecule has 1 atom stereocenters. The van der Waals surface area contributed by atoms with Gasteiger partial charge in [0.1, 0.15) is 23.1 Å². The minimum absolute atomic E-state index is 0.234. The summed E-state index contributed by atoms with van der Waals surface area (Å²) in [6.07, 6.45) is 5.49. The van der Waals surface area contributed by atoms with Crippen LogP contribution in [-0.4, -0.2) is 47.4 Å². The third kappa shape index (κ3) is 4.76. The van der Waals surface area contributed by atoms with Gasteiger partial charge < -0.3 is 24.6 Å². The largest absolute Gasteiger partial charge is 0.497 e. The summed E-state index contributed by atoms with van der Waals surface area (Å²) in [4.78, 5) is 37.2. The summed E-state index contributed by atoms with van der Waals surface area (Å²) in [6, 6.07) is 12.3. The highest BCUT2D eigenvalue weighted by Gasteiger charge is 2.41. The molecule has 6 rings (SSSR count). The van der Waals surface area contributed by atoms with Crippen molar-refractivity contribution in [2.45, 2.75) is 64.6 Å². The number of hydrogen-bond donors (Lipinski definition) is 1. The van der Waals surface area contributed by atoms with Crippen molar-refractivity contribution in [1.82, 2.24) is 15.2 Å². The summed E-state index contributed by atoms with van der Waals surface area (Å²) in [5.74, 6) is 1.13. The first-order chi connectivity index (χ1) is 19.2. The highest BCUT2D eigenvalue weighted by Crippen LogP contribution is 2.48. The molecule has 0 bridgehead atoms. The van der Waals surface area contributed by atoms with Gasteiger partial charge >= 0.3 is 0 Å². The van der Waals surface area contributed by atoms with Gasteiger partial charge in [0.05, 0.1) is 7.11 Å². The minimum atomic E-state index is -0.893. The first kappa shape index (κ1) is 26.2. The molecule has 0 fully saturated rings. The molecular formula is C32H36N4O4. The zero-order valence-corrected chi connectivity index (χ0v) is 23.6. The molecule has 1 N–H and O–H groups in total. The van der Waals surface area contributed by atoms with Gasteiger partial charge in [0.15, 0.2) is 0 Å². The van der Waals surface area contributed by atoms with Gasteiger partial charge in [-0.05, 0) is 87.9 Å². The average Bonchev–Trinajstić information content (AvgIpc) is 2.93. The van der Waals surface area contributed by atoms with Crippen LogP contribution in [0.25, 0.3) is 0 Å². The Morgan fingerprint density at radius 3 is 2.60 bits per heavy atom. The fraction of sp³-hybridized carbons (Fsp3) is 0.406. The summed E-state index contributed by atoms with van der Waals surface area (Å²) in [5, 5.41) is 3.16. The Morgan fingerprint density at radius 2 is 1.88 bits per heavy atom. The van der Waals surface area contributed by atoms with Crippen molar-refractivity contribution in [3.8, 4) is 17.4 Å². The van der Waals surface area contributed by atoms with E-state index in [-0.39, 0.29) is 24.2 Å². The third-order valence-electron chi connectivity index (χ3n) is 7.83. The van der Waals surface area contributed by atoms with E-state index in [4.69, 9.17) is 9.47 Å². The zero-order chi connectivity index (χ0) is 28.0. The molecule has 0 radical (unpaired) electrons. The van der Waals surface area contributed by atoms with Crippen LogP contribution in [0.3, 0.4) is 0 Å². The molecule has 208 valence electrons. The summed E-state index contributed by atoms with van der Waals surface area (Å²) in [5.41, 5.74) is 5.02. The summed E-state index contributed by atoms with van der Waals surface area (Å²) in [7, 11) is 1.62. The zero-order valence-electron chi connectivity index (χ0n) is 23.6. The number of fused-ring (bicyclic) bond motifs is 3. The second kappa shape index (κ2) is 10.2. The number of pyridine rings is 1. The molecule has 3 aliphatic heterocycles. The van der Waals surface area contributed by atoms with Gasteiger partial charge in [0.25, 0.3) is 5.91 Å². The van der Waals surface area contributed by atoms with Crippen molar-refractivity contribution in [2.24, 2.45) is 0 Å². The van der Waals surface area contributed by atoms with Gasteiger partial charge in [0.2, 0.25) is 11.8 Å². The molecule has 8 nitrogen and oxygen atoms in total. The maximum absolute atomic E-state index is 14.3. The number of methoxy groups -OCH3 is 1. The number of carbonyl (C=O) groups is 2. The lowest BCUT2D eigenvalue weighted by atomic mass is 9.86. The van der Waals surface area contributed by atoms with Crippen LogP contribution in [0.2, 0.25) is 0 Å². The quantitative estimate of drug-likeness (QED) is 0.490. The van der Waals surface area contributed by atoms with Gasteiger partial charge in [-0.15, -0.1) is 0 Å². The first-order valence-corrected chi connectivity index (χ1v) is 14.1. The normalized spacial score (nSPS) is 18.0. The predicted octanol–water partition coefficient (Wildman–Crippen LogP) is 5.19. The van der Waals surface area contributed by atoms with Crippen molar-refractivity contribution in [1.29, 1.82) is 0 Å². The summed E-state index contributed by atoms with van der Waals surface area (Å²) in [6.45, 7) is 8.13. The molecule has 8 heteroatoms. The third-order valence-corrected chi connectivity index (χ3v) is 7.83. The van der Waals surface area contributed by atoms with Crippen LogP contribution >= 0.6 is 0 Å². The molecule has 3 aromatic rings. The Morgan fingerprint density at radius 1 is 1.12 bits per heavy atom. The van der Waals surface area contributed by atoms with Gasteiger partial charge in [-0.25, -0.2) is 4.98 Å². The maximum Gasteiger partial charge on any atom is 0.260 e. The number of anilines is 1. The number of aromatic nitrogens is 1. The summed E-state index contributed by atoms with van der Waals surface area (Å²) < 4.78 is 11.9. The Balaban J connectivity index is 1.58. The highest BCUT2D eigenvalue weighted by atomic mass is 16.5. The molecule has 2 amide bonds. The van der Waals surface area contributed by atoms with E-state index in [2.05, 4.69) is 21.3 Å². The highest BCUT2D eigenvalue weighted by molar-refractivity contribution is 6.00. The number of ether oxygens (including phenoxy) is 2. The lowest BCUT2D eigenvalue weighted by Gasteiger charge is -2.41. The van der Waals surface area contributed by atoms with Crippen LogP contribution in [0.1, 0.15) is 72.3 Å². The van der Waals surface area contributed by atoms with E-state index in [1.54, 1.807) is 30.3 Å². The van der Waals surface area contributed by atoms with E-state index in [1.165, 1.54) is 11.3 Å². The van der Waals surface area contributed by atoms with Crippen molar-refractivity contribution >= 4 is 17.5 Å². The second-order valence-corrected chi connectivity index (χ2v) is 11.9. The first-order valence-electron chi connectivity index (χ1n) is 14.1. The maximum atomic E-state index is 14.3. The Hall–Kier alpha value is -4.07. The SMILES string of the molecule is COc1ccc(CN2C(=O)c3cccnc3Oc3c(cc4c5c3CCCN5CCC4)C2C(=O)NC(C)(C)C)cc1. The van der Waals surface area contributed by atoms with E-state index in [0.29, 0.717) is 11.3 Å². The number of hydrogen-bond acceptors (Lipinski definition) is 6. The van der Waals surface area contributed by atoms with Crippen LogP contribution in [-0.2, 0) is 24.2 Å². The molecule has 4 heterocycles. The molecule has 3 aliphatic rings. The van der Waals surface area contributed by atoms with Crippen molar-refractivity contribution in [3.05, 3.63) is 76.5 Å². The van der Waals surface area contributed by atoms with Crippen LogP contribution in [0.5, 0.6) is 17.4 Å². The van der Waals surface area contributed by atoms with Crippen LogP contribution in [0.4, 0.5) is 5.69 Å². The van der Waals surface area contributed by atoms with E-state index in [0.717, 1.165) is 61.2 Å². The fourth-order valence-electron chi connectivity index (χ4n) is 6.16. The molecule has 0 saturated carbocycles. The molecule has 1 unspecified atom stereocenters. The van der Waals surface area contributed by atoms with E-state index >= 15 is 0 Å². The smallest absolute Gasteiger partial charge is 0.260 e. The van der Waals surface area contributed by atoms with Gasteiger partial charge in [-0.3, -0.25) is 9.59 Å². The number of nitrogens with one attached hydrogen (secondary N) is 1. The van der Waals surface area contributed by atoms with Crippen molar-refractivity contribution < 1.29 is 19.1 Å². The van der Waals surface area contributed by atoms with Gasteiger partial charge in [-0.1, -0.05) is 12.1 Å². The monoisotopic (exact) mass is 540 g/mol. The number of nitrogens with zero attached hydrogens (tertiary/aromatic N) is 3. The van der Waals surface area contributed by atoms with E-state index in [9.17, 15) is 9.59 Å². The molecule has 0 aliphatic carbocycles. The van der Waals surface area contributed by atoms with E-state index < -0.39 is 11.6 Å². The average molecular weight is 541 g/mol. The van der Waals surface area contributed by atoms with Crippen LogP contribution in [0.15, 0.2) is 48.7 Å². The minimum Gasteiger partial charge on any atom is -0.497 e. The summed E-state index contributed by atoms with van der Waals surface area (Å²) >= 11 is 0. The number of amides is 2. The lowest BCUT2D eigenvalue weighted by Crippen LogP contribution is -2.49. The molecule has 2 aromatic carbocycles. The number of carbonyl (C=O) groups excluding carboxylic acids is 2. The second-order valence-electron chi connectivity index (χ2n) is 11.9. The Kier molecular flexibility index (Phi) is 6.64. The number of rotatable bonds is 4. The van der Waals surface area contributed by atoms with Crippen molar-refractivity contribution in [3.63, 3.8) is 0 Å². The molecule has 0 saturated heterocycles. The van der Waals surface area contributed by atoms with Crippen molar-refractivity contribution in [2.75, 3.05) is 25.1 Å². The molecule has 0 spiro atoms. The Bertz CT molecular complexity index is 1460. The molecular weight excluding hydrogens is 504 g/mol. The fourth-order valence-corrected chi connectivity index (χ4v) is 6.16. The lowest BCUT2D eigenvalue weighted by molar-refractivity contribution is -0.127. The molecule has 1 aromatic heterocycles. The number of benzene rings is 2. The van der Waals surface area contributed by atoms with E-state index in [1.807, 2.05) is 45.0 Å². The topological polar surface area (TPSA) is 84.0 Å². The van der Waals surface area contributed by atoms with Crippen LogP contribution < -0.4 is 19.7 Å². The Labute approximate surface area is 235 Å². The standard InChI is InChI=1S/C32H36N4O4/c1-32(2,3)34-29(37)27-25-18-21-8-6-16-35-17-7-10-23(26(21)35)28(25)40-30-24(9-5-15-33-30)31(38)36(27)19-20-11-13-22(39-4)14-12-20/h5,9,11-15,18,27H,6-8,10,16-17,19H2,1-4H3,(H,34,37). The molecule has 40 heavy (non-hydrogen) atoms. The van der Waals surface area contributed by atoms with Gasteiger partial charge in [0, 0.05) is 48.2 Å². The number of aryl methyl sites for hydroxylation is 1. The van der Waals surface area contributed by atoms with Gasteiger partial charge in [-0.2, -0.15) is 0 Å². The predicted molar refractivity (Wildman–Crippen MR) is 153 cm³/mol.